The van der Waals surface area contributed by atoms with E-state index in [2.05, 4.69) is 19.8 Å². The van der Waals surface area contributed by atoms with Gasteiger partial charge in [0.2, 0.25) is 10.0 Å². The fraction of sp³-hybridized carbons (Fsp3) is 0.552. The lowest BCUT2D eigenvalue weighted by Crippen LogP contribution is -2.52. The van der Waals surface area contributed by atoms with Crippen LogP contribution in [0.5, 0.6) is 0 Å². The smallest absolute Gasteiger partial charge is 0.317 e. The van der Waals surface area contributed by atoms with Gasteiger partial charge in [0.05, 0.1) is 6.26 Å². The molecule has 1 aromatic carbocycles. The van der Waals surface area contributed by atoms with Crippen molar-refractivity contribution in [3.05, 3.63) is 58.7 Å². The number of sulfonamides is 1. The zero-order valence-electron chi connectivity index (χ0n) is 23.5. The molecule has 1 aliphatic heterocycles. The van der Waals surface area contributed by atoms with Gasteiger partial charge >= 0.3 is 5.97 Å². The summed E-state index contributed by atoms with van der Waals surface area (Å²) in [4.78, 5) is 35.8. The molecule has 3 atom stereocenters. The van der Waals surface area contributed by atoms with Crippen molar-refractivity contribution < 1.29 is 22.7 Å². The first-order valence-electron chi connectivity index (χ1n) is 13.9. The fourth-order valence-electron chi connectivity index (χ4n) is 6.27. The molecule has 5 rings (SSSR count). The summed E-state index contributed by atoms with van der Waals surface area (Å²) in [5, 5.41) is 4.49. The lowest BCUT2D eigenvalue weighted by molar-refractivity contribution is -0.185. The highest BCUT2D eigenvalue weighted by Crippen LogP contribution is 2.45. The van der Waals surface area contributed by atoms with Crippen molar-refractivity contribution in [1.29, 1.82) is 0 Å². The molecular weight excluding hydrogens is 530 g/mol. The topological polar surface area (TPSA) is 133 Å². The minimum atomic E-state index is -3.31. The third-order valence-corrected chi connectivity index (χ3v) is 9.09. The van der Waals surface area contributed by atoms with Crippen molar-refractivity contribution in [1.82, 2.24) is 24.3 Å². The zero-order valence-corrected chi connectivity index (χ0v) is 24.3. The first-order chi connectivity index (χ1) is 18.9. The average molecular weight is 568 g/mol. The van der Waals surface area contributed by atoms with Crippen LogP contribution in [0.25, 0.3) is 5.78 Å². The van der Waals surface area contributed by atoms with Crippen LogP contribution in [-0.2, 0) is 37.2 Å². The Labute approximate surface area is 235 Å². The number of aromatic nitrogens is 4. The number of cyclic esters (lactones) is 1. The van der Waals surface area contributed by atoms with E-state index in [-0.39, 0.29) is 30.6 Å². The molecule has 3 heterocycles. The molecule has 0 bridgehead atoms. The number of hydrogen-bond acceptors (Lipinski definition) is 8. The minimum Gasteiger partial charge on any atom is -0.458 e. The number of carbonyl (C=O) groups is 2. The van der Waals surface area contributed by atoms with E-state index in [4.69, 9.17) is 4.74 Å². The lowest BCUT2D eigenvalue weighted by Gasteiger charge is -2.43. The SMILES string of the molecule is Cc1cc(C)n2nc(CC3C(=O)CC(CCc4ccc([C@@H](C)NS(C)(=O)=O)cc4)(C4CCCC4)OC3=O)nc2n1. The zero-order chi connectivity index (χ0) is 28.7. The second-order valence-corrected chi connectivity index (χ2v) is 13.3. The standard InChI is InChI=1S/C29H37N5O5S/c1-18-15-19(2)34-28(30-18)31-26(32-34)16-24-25(35)17-29(39-27(24)36,23-7-5-6-8-23)14-13-21-9-11-22(12-10-21)20(3)33-40(4,37)38/h9-12,15,20,23-24,33H,5-8,13-14,16-17H2,1-4H3/t20-,24?,29?/m1/s1. The van der Waals surface area contributed by atoms with E-state index in [1.165, 1.54) is 0 Å². The van der Waals surface area contributed by atoms with E-state index in [0.717, 1.165) is 54.5 Å². The van der Waals surface area contributed by atoms with Gasteiger partial charge in [0.1, 0.15) is 11.5 Å². The number of nitrogens with one attached hydrogen (secondary N) is 1. The number of hydrogen-bond donors (Lipinski definition) is 1. The number of aryl methyl sites for hydroxylation is 3. The second-order valence-electron chi connectivity index (χ2n) is 11.5. The Kier molecular flexibility index (Phi) is 7.80. The summed E-state index contributed by atoms with van der Waals surface area (Å²) >= 11 is 0. The van der Waals surface area contributed by atoms with Crippen LogP contribution in [0.4, 0.5) is 0 Å². The van der Waals surface area contributed by atoms with Gasteiger partial charge in [-0.1, -0.05) is 37.1 Å². The van der Waals surface area contributed by atoms with Crippen LogP contribution in [-0.4, -0.2) is 51.6 Å². The normalized spacial score (nSPS) is 23.1. The Balaban J connectivity index is 1.30. The van der Waals surface area contributed by atoms with Gasteiger partial charge < -0.3 is 4.74 Å². The van der Waals surface area contributed by atoms with Gasteiger partial charge in [0, 0.05) is 30.3 Å². The first kappa shape index (κ1) is 28.4. The number of benzene rings is 1. The molecule has 1 N–H and O–H groups in total. The quantitative estimate of drug-likeness (QED) is 0.306. The van der Waals surface area contributed by atoms with E-state index in [1.54, 1.807) is 11.4 Å². The second kappa shape index (κ2) is 11.0. The van der Waals surface area contributed by atoms with Crippen molar-refractivity contribution >= 4 is 27.6 Å². The van der Waals surface area contributed by atoms with Crippen molar-refractivity contribution in [2.45, 2.75) is 83.8 Å². The number of carbonyl (C=O) groups excluding carboxylic acids is 2. The molecule has 1 saturated heterocycles. The summed E-state index contributed by atoms with van der Waals surface area (Å²) in [7, 11) is -3.31. The highest BCUT2D eigenvalue weighted by atomic mass is 32.2. The lowest BCUT2D eigenvalue weighted by atomic mass is 9.73. The van der Waals surface area contributed by atoms with E-state index >= 15 is 0 Å². The molecule has 2 fully saturated rings. The molecule has 11 heteroatoms. The summed E-state index contributed by atoms with van der Waals surface area (Å²) in [6.07, 6.45) is 6.67. The number of ether oxygens (including phenoxy) is 1. The van der Waals surface area contributed by atoms with Crippen LogP contribution >= 0.6 is 0 Å². The highest BCUT2D eigenvalue weighted by molar-refractivity contribution is 7.88. The maximum Gasteiger partial charge on any atom is 0.317 e. The van der Waals surface area contributed by atoms with Crippen molar-refractivity contribution in [2.75, 3.05) is 6.26 Å². The molecule has 1 saturated carbocycles. The Morgan fingerprint density at radius 3 is 2.48 bits per heavy atom. The monoisotopic (exact) mass is 567 g/mol. The number of Topliss-reactive ketones (excluding diaryl/α,β-unsaturated/α-hetero) is 1. The van der Waals surface area contributed by atoms with Crippen molar-refractivity contribution in [2.24, 2.45) is 11.8 Å². The first-order valence-corrected chi connectivity index (χ1v) is 15.8. The molecule has 214 valence electrons. The minimum absolute atomic E-state index is 0.0986. The molecule has 40 heavy (non-hydrogen) atoms. The molecule has 0 spiro atoms. The van der Waals surface area contributed by atoms with Crippen molar-refractivity contribution in [3.8, 4) is 0 Å². The predicted octanol–water partition coefficient (Wildman–Crippen LogP) is 3.59. The number of ketones is 1. The van der Waals surface area contributed by atoms with Gasteiger partial charge in [-0.3, -0.25) is 9.59 Å². The van der Waals surface area contributed by atoms with E-state index in [9.17, 15) is 18.0 Å². The van der Waals surface area contributed by atoms with Crippen LogP contribution in [0.1, 0.15) is 79.8 Å². The Bertz CT molecular complexity index is 1510. The average Bonchev–Trinajstić information content (AvgIpc) is 3.55. The Morgan fingerprint density at radius 1 is 1.12 bits per heavy atom. The van der Waals surface area contributed by atoms with E-state index < -0.39 is 27.5 Å². The summed E-state index contributed by atoms with van der Waals surface area (Å²) in [5.41, 5.74) is 2.81. The van der Waals surface area contributed by atoms with Gasteiger partial charge in [-0.2, -0.15) is 4.98 Å². The van der Waals surface area contributed by atoms with E-state index in [0.29, 0.717) is 24.4 Å². The molecule has 0 radical (unpaired) electrons. The van der Waals surface area contributed by atoms with Crippen LogP contribution in [0.3, 0.4) is 0 Å². The molecule has 1 aliphatic carbocycles. The van der Waals surface area contributed by atoms with Gasteiger partial charge in [-0.25, -0.2) is 22.6 Å². The number of esters is 1. The van der Waals surface area contributed by atoms with Gasteiger partial charge in [-0.05, 0) is 69.6 Å². The molecule has 2 aliphatic rings. The third kappa shape index (κ3) is 6.10. The van der Waals surface area contributed by atoms with Gasteiger partial charge in [0.25, 0.3) is 5.78 Å². The highest BCUT2D eigenvalue weighted by Gasteiger charge is 2.51. The van der Waals surface area contributed by atoms with Crippen LogP contribution in [0.15, 0.2) is 30.3 Å². The molecule has 3 aromatic rings. The summed E-state index contributed by atoms with van der Waals surface area (Å²) in [6, 6.07) is 9.33. The molecular formula is C29H37N5O5S. The summed E-state index contributed by atoms with van der Waals surface area (Å²) < 4.78 is 33.6. The van der Waals surface area contributed by atoms with Crippen molar-refractivity contribution in [3.63, 3.8) is 0 Å². The molecule has 2 unspecified atom stereocenters. The maximum atomic E-state index is 13.5. The number of fused-ring (bicyclic) bond motifs is 1. The molecule has 10 nitrogen and oxygen atoms in total. The third-order valence-electron chi connectivity index (χ3n) is 8.31. The largest absolute Gasteiger partial charge is 0.458 e. The van der Waals surface area contributed by atoms with Crippen LogP contribution in [0.2, 0.25) is 0 Å². The fourth-order valence-corrected chi connectivity index (χ4v) is 7.05. The predicted molar refractivity (Wildman–Crippen MR) is 149 cm³/mol. The molecule has 0 amide bonds. The van der Waals surface area contributed by atoms with Crippen LogP contribution < -0.4 is 4.72 Å². The number of rotatable bonds is 9. The van der Waals surface area contributed by atoms with Gasteiger partial charge in [-0.15, -0.1) is 5.10 Å². The summed E-state index contributed by atoms with van der Waals surface area (Å²) in [5.74, 6) is -0.501. The van der Waals surface area contributed by atoms with E-state index in [1.807, 2.05) is 44.2 Å². The van der Waals surface area contributed by atoms with Crippen LogP contribution in [0, 0.1) is 25.7 Å². The Morgan fingerprint density at radius 2 is 1.82 bits per heavy atom. The maximum absolute atomic E-state index is 13.5. The summed E-state index contributed by atoms with van der Waals surface area (Å²) in [6.45, 7) is 5.60. The number of nitrogens with zero attached hydrogens (tertiary/aromatic N) is 4. The molecule has 2 aromatic heterocycles. The Hall–Kier alpha value is -3.18. The van der Waals surface area contributed by atoms with Gasteiger partial charge in [0.15, 0.2) is 11.6 Å².